The van der Waals surface area contributed by atoms with Crippen molar-refractivity contribution in [3.8, 4) is 0 Å². The molecule has 1 aliphatic rings. The number of benzene rings is 1. The van der Waals surface area contributed by atoms with Gasteiger partial charge in [0.25, 0.3) is 0 Å². The summed E-state index contributed by atoms with van der Waals surface area (Å²) in [7, 11) is 0. The molecule has 1 N–H and O–H groups in total. The molecule has 1 heterocycles. The van der Waals surface area contributed by atoms with E-state index in [1.807, 2.05) is 0 Å². The van der Waals surface area contributed by atoms with Crippen molar-refractivity contribution >= 4 is 0 Å². The number of ether oxygens (including phenoxy) is 1. The summed E-state index contributed by atoms with van der Waals surface area (Å²) in [6, 6.07) is 3.47. The molecule has 0 aromatic heterocycles. The van der Waals surface area contributed by atoms with Crippen molar-refractivity contribution in [2.45, 2.75) is 25.5 Å². The van der Waals surface area contributed by atoms with Crippen LogP contribution in [0.5, 0.6) is 0 Å². The smallest absolute Gasteiger partial charge is 0.126 e. The molecule has 106 valence electrons. The molecule has 1 aromatic rings. The largest absolute Gasteiger partial charge is 0.388 e. The first-order chi connectivity index (χ1) is 9.06. The van der Waals surface area contributed by atoms with Crippen LogP contribution in [0.4, 0.5) is 8.78 Å². The van der Waals surface area contributed by atoms with Crippen LogP contribution < -0.4 is 0 Å². The van der Waals surface area contributed by atoms with Crippen molar-refractivity contribution in [1.29, 1.82) is 0 Å². The lowest BCUT2D eigenvalue weighted by Gasteiger charge is -2.33. The molecule has 1 saturated heterocycles. The van der Waals surface area contributed by atoms with Crippen molar-refractivity contribution in [3.63, 3.8) is 0 Å². The summed E-state index contributed by atoms with van der Waals surface area (Å²) in [5.41, 5.74) is 0.290. The van der Waals surface area contributed by atoms with Gasteiger partial charge in [-0.05, 0) is 31.0 Å². The van der Waals surface area contributed by atoms with Gasteiger partial charge in [0.2, 0.25) is 0 Å². The molecule has 0 radical (unpaired) electrons. The summed E-state index contributed by atoms with van der Waals surface area (Å²) < 4.78 is 31.5. The monoisotopic (exact) mass is 271 g/mol. The number of rotatable bonds is 4. The first-order valence-electron chi connectivity index (χ1n) is 6.52. The molecule has 19 heavy (non-hydrogen) atoms. The molecular weight excluding hydrogens is 252 g/mol. The first kappa shape index (κ1) is 14.4. The highest BCUT2D eigenvalue weighted by molar-refractivity contribution is 5.20. The molecule has 0 saturated carbocycles. The zero-order chi connectivity index (χ0) is 13.8. The van der Waals surface area contributed by atoms with E-state index < -0.39 is 17.7 Å². The van der Waals surface area contributed by atoms with E-state index in [0.29, 0.717) is 37.8 Å². The van der Waals surface area contributed by atoms with Crippen molar-refractivity contribution in [3.05, 3.63) is 35.4 Å². The van der Waals surface area contributed by atoms with Gasteiger partial charge in [0.05, 0.1) is 19.3 Å². The van der Waals surface area contributed by atoms with Crippen LogP contribution in [0.1, 0.15) is 25.0 Å². The van der Waals surface area contributed by atoms with E-state index in [2.05, 4.69) is 11.8 Å². The number of aliphatic hydroxyl groups is 1. The van der Waals surface area contributed by atoms with E-state index in [1.165, 1.54) is 12.1 Å². The Hall–Kier alpha value is -1.04. The number of aliphatic hydroxyl groups excluding tert-OH is 1. The summed E-state index contributed by atoms with van der Waals surface area (Å²) in [5.74, 6) is -1.32. The van der Waals surface area contributed by atoms with Gasteiger partial charge in [-0.1, -0.05) is 0 Å². The number of hydrogen-bond acceptors (Lipinski definition) is 3. The molecule has 0 bridgehead atoms. The van der Waals surface area contributed by atoms with E-state index in [-0.39, 0.29) is 0 Å². The second-order valence-electron chi connectivity index (χ2n) is 4.97. The van der Waals surface area contributed by atoms with Crippen molar-refractivity contribution in [2.75, 3.05) is 26.3 Å². The van der Waals surface area contributed by atoms with Gasteiger partial charge < -0.3 is 9.84 Å². The number of halogens is 2. The average Bonchev–Trinajstić information content (AvgIpc) is 2.36. The topological polar surface area (TPSA) is 32.7 Å². The molecule has 1 fully saturated rings. The van der Waals surface area contributed by atoms with Crippen LogP contribution in [-0.2, 0) is 4.74 Å². The maximum Gasteiger partial charge on any atom is 0.126 e. The Labute approximate surface area is 111 Å². The Kier molecular flexibility index (Phi) is 4.85. The molecule has 5 heteroatoms. The Morgan fingerprint density at radius 1 is 1.37 bits per heavy atom. The number of hydrogen-bond donors (Lipinski definition) is 1. The molecule has 2 unspecified atom stereocenters. The molecule has 2 atom stereocenters. The first-order valence-corrected chi connectivity index (χ1v) is 6.52. The Morgan fingerprint density at radius 2 is 2.05 bits per heavy atom. The summed E-state index contributed by atoms with van der Waals surface area (Å²) in [6.07, 6.45) is -0.395. The highest BCUT2D eigenvalue weighted by Gasteiger charge is 2.20. The quantitative estimate of drug-likeness (QED) is 0.910. The zero-order valence-electron chi connectivity index (χ0n) is 11.0. The molecule has 0 amide bonds. The second-order valence-corrected chi connectivity index (χ2v) is 4.97. The van der Waals surface area contributed by atoms with Gasteiger partial charge in [-0.3, -0.25) is 4.90 Å². The molecule has 1 aliphatic heterocycles. The van der Waals surface area contributed by atoms with E-state index in [1.54, 1.807) is 0 Å². The van der Waals surface area contributed by atoms with Crippen LogP contribution in [-0.4, -0.2) is 42.4 Å². The van der Waals surface area contributed by atoms with E-state index >= 15 is 0 Å². The summed E-state index contributed by atoms with van der Waals surface area (Å²) in [5, 5.41) is 10.00. The van der Waals surface area contributed by atoms with Crippen LogP contribution in [0.2, 0.25) is 0 Å². The van der Waals surface area contributed by atoms with Gasteiger partial charge >= 0.3 is 0 Å². The van der Waals surface area contributed by atoms with Gasteiger partial charge in [-0.15, -0.1) is 0 Å². The minimum absolute atomic E-state index is 0.290. The molecular formula is C14H19F2NO2. The Morgan fingerprint density at radius 3 is 2.68 bits per heavy atom. The number of morpholine rings is 1. The SMILES string of the molecule is CC1COCCN1CCC(O)c1cc(F)cc(F)c1. The predicted octanol–water partition coefficient (Wildman–Crippen LogP) is 2.11. The van der Waals surface area contributed by atoms with E-state index in [0.717, 1.165) is 12.6 Å². The van der Waals surface area contributed by atoms with Gasteiger partial charge in [0.1, 0.15) is 11.6 Å². The molecule has 2 rings (SSSR count). The number of nitrogens with zero attached hydrogens (tertiary/aromatic N) is 1. The van der Waals surface area contributed by atoms with Crippen LogP contribution in [0, 0.1) is 11.6 Å². The third kappa shape index (κ3) is 3.96. The predicted molar refractivity (Wildman–Crippen MR) is 67.8 cm³/mol. The van der Waals surface area contributed by atoms with Crippen LogP contribution in [0.15, 0.2) is 18.2 Å². The van der Waals surface area contributed by atoms with Crippen molar-refractivity contribution < 1.29 is 18.6 Å². The Balaban J connectivity index is 1.91. The van der Waals surface area contributed by atoms with Gasteiger partial charge in [-0.25, -0.2) is 8.78 Å². The zero-order valence-corrected chi connectivity index (χ0v) is 11.0. The maximum atomic E-state index is 13.1. The fourth-order valence-corrected chi connectivity index (χ4v) is 2.32. The van der Waals surface area contributed by atoms with E-state index in [4.69, 9.17) is 4.74 Å². The normalized spacial score (nSPS) is 22.4. The lowest BCUT2D eigenvalue weighted by Crippen LogP contribution is -2.44. The third-order valence-corrected chi connectivity index (χ3v) is 3.46. The summed E-state index contributed by atoms with van der Waals surface area (Å²) in [6.45, 7) is 4.95. The maximum absolute atomic E-state index is 13.1. The van der Waals surface area contributed by atoms with Crippen molar-refractivity contribution in [1.82, 2.24) is 4.90 Å². The standard InChI is InChI=1S/C14H19F2NO2/c1-10-9-19-5-4-17(10)3-2-14(18)11-6-12(15)8-13(16)7-11/h6-8,10,14,18H,2-5,9H2,1H3. The minimum atomic E-state index is -0.847. The molecule has 1 aromatic carbocycles. The minimum Gasteiger partial charge on any atom is -0.388 e. The van der Waals surface area contributed by atoms with Crippen LogP contribution in [0.25, 0.3) is 0 Å². The fraction of sp³-hybridized carbons (Fsp3) is 0.571. The highest BCUT2D eigenvalue weighted by atomic mass is 19.1. The van der Waals surface area contributed by atoms with Gasteiger partial charge in [0, 0.05) is 25.2 Å². The lowest BCUT2D eigenvalue weighted by atomic mass is 10.1. The van der Waals surface area contributed by atoms with Crippen molar-refractivity contribution in [2.24, 2.45) is 0 Å². The lowest BCUT2D eigenvalue weighted by molar-refractivity contribution is -0.00641. The average molecular weight is 271 g/mol. The van der Waals surface area contributed by atoms with Crippen LogP contribution in [0.3, 0.4) is 0 Å². The fourth-order valence-electron chi connectivity index (χ4n) is 2.32. The third-order valence-electron chi connectivity index (χ3n) is 3.46. The Bertz CT molecular complexity index is 408. The van der Waals surface area contributed by atoms with Crippen LogP contribution >= 0.6 is 0 Å². The van der Waals surface area contributed by atoms with Gasteiger partial charge in [0.15, 0.2) is 0 Å². The molecule has 3 nitrogen and oxygen atoms in total. The second kappa shape index (κ2) is 6.41. The molecule has 0 aliphatic carbocycles. The van der Waals surface area contributed by atoms with E-state index in [9.17, 15) is 13.9 Å². The van der Waals surface area contributed by atoms with Gasteiger partial charge in [-0.2, -0.15) is 0 Å². The summed E-state index contributed by atoms with van der Waals surface area (Å²) >= 11 is 0. The molecule has 0 spiro atoms. The summed E-state index contributed by atoms with van der Waals surface area (Å²) in [4.78, 5) is 2.21. The highest BCUT2D eigenvalue weighted by Crippen LogP contribution is 2.20.